The molecule has 0 aromatic carbocycles. The first-order chi connectivity index (χ1) is 23.0. The summed E-state index contributed by atoms with van der Waals surface area (Å²) in [4.78, 5) is 0. The number of hydrogen-bond donors (Lipinski definition) is 0. The van der Waals surface area contributed by atoms with Gasteiger partial charge < -0.3 is 0 Å². The van der Waals surface area contributed by atoms with Crippen LogP contribution >= 0.6 is 14.5 Å². The molecule has 0 bridgehead atoms. The van der Waals surface area contributed by atoms with Crippen molar-refractivity contribution in [3.05, 3.63) is 0 Å². The second-order valence-corrected chi connectivity index (χ2v) is 26.8. The number of unbranched alkanes of at least 4 members (excludes halogenated alkanes) is 23. The van der Waals surface area contributed by atoms with Crippen molar-refractivity contribution >= 4 is 14.5 Å². The molecule has 0 atom stereocenters. The molecule has 47 heavy (non-hydrogen) atoms. The molecule has 0 saturated heterocycles. The summed E-state index contributed by atoms with van der Waals surface area (Å²) in [6.07, 6.45) is 55.7. The van der Waals surface area contributed by atoms with Crippen molar-refractivity contribution < 1.29 is 0 Å². The summed E-state index contributed by atoms with van der Waals surface area (Å²) in [7, 11) is -1.88. The molecule has 0 unspecified atom stereocenters. The SMILES string of the molecule is CCCCCCCC[PH](CC)(CCCCC)CCCCCCC.CCCCCCCC[PH](CC)(CCCCC)CCCCCCCC. The van der Waals surface area contributed by atoms with E-state index >= 15 is 0 Å². The van der Waals surface area contributed by atoms with Gasteiger partial charge in [-0.15, -0.1) is 0 Å². The van der Waals surface area contributed by atoms with Gasteiger partial charge in [-0.2, -0.15) is 0 Å². The fourth-order valence-electron chi connectivity index (χ4n) is 8.26. The molecule has 0 heterocycles. The van der Waals surface area contributed by atoms with Crippen molar-refractivity contribution in [2.24, 2.45) is 0 Å². The minimum atomic E-state index is -0.944. The molecule has 0 aromatic heterocycles. The molecule has 0 rings (SSSR count). The molecule has 0 spiro atoms. The predicted molar refractivity (Wildman–Crippen MR) is 235 cm³/mol. The molecular weight excluding hydrogens is 602 g/mol. The van der Waals surface area contributed by atoms with E-state index in [0.29, 0.717) is 0 Å². The van der Waals surface area contributed by atoms with Crippen LogP contribution in [0.5, 0.6) is 0 Å². The van der Waals surface area contributed by atoms with Gasteiger partial charge in [-0.25, -0.2) is 0 Å². The zero-order valence-corrected chi connectivity index (χ0v) is 37.2. The molecule has 0 amide bonds. The Bertz CT molecular complexity index is 544. The van der Waals surface area contributed by atoms with E-state index in [2.05, 4.69) is 55.4 Å². The molecule has 0 N–H and O–H groups in total. The Kier molecular flexibility index (Phi) is 42.1. The van der Waals surface area contributed by atoms with Gasteiger partial charge in [0.1, 0.15) is 0 Å². The Hall–Kier alpha value is 0.860. The van der Waals surface area contributed by atoms with Crippen molar-refractivity contribution in [2.45, 2.75) is 242 Å². The standard InChI is InChI=1S/C23H51P.C22H49P/c1-5-9-12-14-16-19-22-24(8-4,21-18-11-7-3)23-20-17-15-13-10-6-2;1-5-9-12-14-16-19-22-23(8-4,20-17-11-7-3)21-18-15-13-10-6-2/h24H,5-23H2,1-4H3;23H,5-22H2,1-4H3. The Morgan fingerprint density at radius 3 is 0.532 bits per heavy atom. The van der Waals surface area contributed by atoms with Crippen molar-refractivity contribution in [3.8, 4) is 0 Å². The van der Waals surface area contributed by atoms with Crippen molar-refractivity contribution in [3.63, 3.8) is 0 Å². The summed E-state index contributed by atoms with van der Waals surface area (Å²) in [5.41, 5.74) is 0. The second-order valence-electron chi connectivity index (χ2n) is 16.3. The number of hydrogen-bond acceptors (Lipinski definition) is 0. The molecule has 0 saturated carbocycles. The molecular formula is C45H100P2. The van der Waals surface area contributed by atoms with Crippen molar-refractivity contribution in [1.82, 2.24) is 0 Å². The average Bonchev–Trinajstić information content (AvgIpc) is 3.09. The Morgan fingerprint density at radius 2 is 0.340 bits per heavy atom. The van der Waals surface area contributed by atoms with E-state index in [1.54, 1.807) is 75.0 Å². The van der Waals surface area contributed by atoms with E-state index in [4.69, 9.17) is 0 Å². The van der Waals surface area contributed by atoms with Crippen LogP contribution in [0.4, 0.5) is 0 Å². The first-order valence-corrected chi connectivity index (χ1v) is 28.6. The second kappa shape index (κ2) is 39.6. The minimum absolute atomic E-state index is 0.935. The molecule has 2 heteroatoms. The average molecular weight is 703 g/mol. The first kappa shape index (κ1) is 50.0. The van der Waals surface area contributed by atoms with Gasteiger partial charge >= 0.3 is 305 Å². The van der Waals surface area contributed by atoms with Gasteiger partial charge in [-0.1, -0.05) is 0 Å². The van der Waals surface area contributed by atoms with Crippen LogP contribution in [0.1, 0.15) is 242 Å². The van der Waals surface area contributed by atoms with Gasteiger partial charge in [-0.3, -0.25) is 0 Å². The fraction of sp³-hybridized carbons (Fsp3) is 1.00. The predicted octanol–water partition coefficient (Wildman–Crippen LogP) is 16.9. The van der Waals surface area contributed by atoms with Crippen LogP contribution in [0.15, 0.2) is 0 Å². The first-order valence-electron chi connectivity index (χ1n) is 23.0. The molecule has 0 aromatic rings. The fourth-order valence-corrected chi connectivity index (χ4v) is 17.9. The maximum atomic E-state index is 2.53. The van der Waals surface area contributed by atoms with Crippen molar-refractivity contribution in [2.75, 3.05) is 49.3 Å². The van der Waals surface area contributed by atoms with Crippen molar-refractivity contribution in [1.29, 1.82) is 0 Å². The van der Waals surface area contributed by atoms with E-state index in [1.807, 2.05) is 0 Å². The van der Waals surface area contributed by atoms with Crippen LogP contribution in [-0.4, -0.2) is 49.3 Å². The number of rotatable bonds is 37. The van der Waals surface area contributed by atoms with Crippen LogP contribution in [0.2, 0.25) is 0 Å². The van der Waals surface area contributed by atoms with Gasteiger partial charge in [0.25, 0.3) is 0 Å². The third-order valence-electron chi connectivity index (χ3n) is 12.1. The topological polar surface area (TPSA) is 0 Å². The van der Waals surface area contributed by atoms with Crippen LogP contribution in [0, 0.1) is 0 Å². The van der Waals surface area contributed by atoms with Crippen LogP contribution in [0.3, 0.4) is 0 Å². The van der Waals surface area contributed by atoms with E-state index in [9.17, 15) is 0 Å². The zero-order valence-electron chi connectivity index (χ0n) is 35.2. The van der Waals surface area contributed by atoms with Gasteiger partial charge in [0.2, 0.25) is 0 Å². The van der Waals surface area contributed by atoms with Crippen LogP contribution in [0.25, 0.3) is 0 Å². The van der Waals surface area contributed by atoms with E-state index in [1.165, 1.54) is 161 Å². The van der Waals surface area contributed by atoms with Gasteiger partial charge in [0.05, 0.1) is 0 Å². The normalized spacial score (nSPS) is 12.7. The van der Waals surface area contributed by atoms with E-state index < -0.39 is 14.5 Å². The van der Waals surface area contributed by atoms with Gasteiger partial charge in [0, 0.05) is 0 Å². The monoisotopic (exact) mass is 703 g/mol. The quantitative estimate of drug-likeness (QED) is 0.0446. The van der Waals surface area contributed by atoms with E-state index in [0.717, 1.165) is 0 Å². The third-order valence-corrected chi connectivity index (χ3v) is 23.6. The summed E-state index contributed by atoms with van der Waals surface area (Å²) in [6, 6.07) is 0. The van der Waals surface area contributed by atoms with Gasteiger partial charge in [0.15, 0.2) is 0 Å². The van der Waals surface area contributed by atoms with Crippen LogP contribution in [-0.2, 0) is 0 Å². The Labute approximate surface area is 304 Å². The van der Waals surface area contributed by atoms with Gasteiger partial charge in [-0.05, 0) is 0 Å². The molecule has 0 aliphatic carbocycles. The summed E-state index contributed by atoms with van der Waals surface area (Å²) < 4.78 is 0. The van der Waals surface area contributed by atoms with E-state index in [-0.39, 0.29) is 0 Å². The summed E-state index contributed by atoms with van der Waals surface area (Å²) >= 11 is 0. The molecule has 0 fully saturated rings. The molecule has 0 aliphatic heterocycles. The molecule has 0 aliphatic rings. The molecule has 0 nitrogen and oxygen atoms in total. The molecule has 290 valence electrons. The Morgan fingerprint density at radius 1 is 0.191 bits per heavy atom. The zero-order chi connectivity index (χ0) is 35.2. The molecule has 0 radical (unpaired) electrons. The van der Waals surface area contributed by atoms with Crippen LogP contribution < -0.4 is 0 Å². The Balaban J connectivity index is 0. The summed E-state index contributed by atoms with van der Waals surface area (Å²) in [5.74, 6) is 0. The third kappa shape index (κ3) is 32.5. The maximum absolute atomic E-state index is 2.53. The summed E-state index contributed by atoms with van der Waals surface area (Å²) in [6.45, 7) is 19.1. The summed E-state index contributed by atoms with van der Waals surface area (Å²) in [5, 5.41) is 0.